The van der Waals surface area contributed by atoms with Crippen LogP contribution in [-0.2, 0) is 6.54 Å². The number of benzene rings is 1. The van der Waals surface area contributed by atoms with Gasteiger partial charge in [-0.2, -0.15) is 4.37 Å². The van der Waals surface area contributed by atoms with Crippen molar-refractivity contribution in [2.75, 3.05) is 18.1 Å². The highest BCUT2D eigenvalue weighted by atomic mass is 32.1. The number of aromatic nitrogens is 1. The molecule has 0 fully saturated rings. The maximum atomic E-state index is 11.8. The minimum Gasteiger partial charge on any atom is -0.382 e. The number of carbonyl (C=O) groups is 1. The molecule has 1 aromatic heterocycles. The lowest BCUT2D eigenvalue weighted by molar-refractivity contribution is 0.0965. The quantitative estimate of drug-likeness (QED) is 0.793. The molecule has 1 aromatic carbocycles. The first-order valence-corrected chi connectivity index (χ1v) is 7.60. The molecule has 1 amide bonds. The van der Waals surface area contributed by atoms with Gasteiger partial charge in [0, 0.05) is 13.6 Å². The first-order valence-electron chi connectivity index (χ1n) is 6.82. The summed E-state index contributed by atoms with van der Waals surface area (Å²) >= 11 is 1.20. The van der Waals surface area contributed by atoms with Crippen LogP contribution >= 0.6 is 11.5 Å². The molecule has 2 rings (SSSR count). The summed E-state index contributed by atoms with van der Waals surface area (Å²) in [7, 11) is 1.58. The first kappa shape index (κ1) is 15.3. The zero-order valence-electron chi connectivity index (χ0n) is 12.4. The molecule has 0 aliphatic heterocycles. The summed E-state index contributed by atoms with van der Waals surface area (Å²) in [4.78, 5) is 11.8. The molecule has 0 saturated carbocycles. The first-order chi connectivity index (χ1) is 10.0. The van der Waals surface area contributed by atoms with Crippen molar-refractivity contribution < 1.29 is 4.79 Å². The predicted octanol–water partition coefficient (Wildman–Crippen LogP) is 2.82. The van der Waals surface area contributed by atoms with E-state index >= 15 is 0 Å². The van der Waals surface area contributed by atoms with Crippen LogP contribution in [0.5, 0.6) is 0 Å². The van der Waals surface area contributed by atoms with Crippen molar-refractivity contribution in [1.29, 1.82) is 0 Å². The summed E-state index contributed by atoms with van der Waals surface area (Å²) in [6.07, 6.45) is 0. The lowest BCUT2D eigenvalue weighted by atomic mass is 10.0. The molecule has 0 saturated heterocycles. The number of hydrogen-bond acceptors (Lipinski definition) is 5. The molecule has 0 aliphatic rings. The number of anilines is 2. The number of carbonyl (C=O) groups excluding carboxylic acids is 1. The molecule has 21 heavy (non-hydrogen) atoms. The fraction of sp³-hybridized carbons (Fsp3) is 0.333. The monoisotopic (exact) mass is 304 g/mol. The van der Waals surface area contributed by atoms with E-state index in [1.54, 1.807) is 7.05 Å². The normalized spacial score (nSPS) is 10.7. The minimum absolute atomic E-state index is 0.223. The SMILES string of the molecule is CNC(=O)c1c(N)nsc1NCc1ccc(C(C)C)cc1. The summed E-state index contributed by atoms with van der Waals surface area (Å²) in [6, 6.07) is 8.43. The van der Waals surface area contributed by atoms with Gasteiger partial charge in [-0.15, -0.1) is 0 Å². The Morgan fingerprint density at radius 1 is 1.33 bits per heavy atom. The number of rotatable bonds is 5. The second-order valence-corrected chi connectivity index (χ2v) is 5.87. The van der Waals surface area contributed by atoms with Crippen LogP contribution in [0, 0.1) is 0 Å². The van der Waals surface area contributed by atoms with E-state index in [-0.39, 0.29) is 11.7 Å². The van der Waals surface area contributed by atoms with Gasteiger partial charge in [-0.25, -0.2) is 0 Å². The van der Waals surface area contributed by atoms with E-state index in [1.165, 1.54) is 17.1 Å². The van der Waals surface area contributed by atoms with Gasteiger partial charge in [-0.05, 0) is 28.6 Å². The third kappa shape index (κ3) is 3.52. The van der Waals surface area contributed by atoms with Gasteiger partial charge in [0.15, 0.2) is 5.82 Å². The van der Waals surface area contributed by atoms with E-state index in [9.17, 15) is 4.79 Å². The van der Waals surface area contributed by atoms with Gasteiger partial charge in [-0.1, -0.05) is 38.1 Å². The van der Waals surface area contributed by atoms with Crippen molar-refractivity contribution in [2.24, 2.45) is 0 Å². The van der Waals surface area contributed by atoms with Gasteiger partial charge in [0.25, 0.3) is 5.91 Å². The topological polar surface area (TPSA) is 80.0 Å². The van der Waals surface area contributed by atoms with Gasteiger partial charge in [0.05, 0.1) is 0 Å². The van der Waals surface area contributed by atoms with E-state index in [1.807, 2.05) is 0 Å². The maximum absolute atomic E-state index is 11.8. The molecule has 5 nitrogen and oxygen atoms in total. The average Bonchev–Trinajstić information content (AvgIpc) is 2.85. The van der Waals surface area contributed by atoms with Crippen LogP contribution in [0.3, 0.4) is 0 Å². The molecular weight excluding hydrogens is 284 g/mol. The highest BCUT2D eigenvalue weighted by Crippen LogP contribution is 2.27. The zero-order chi connectivity index (χ0) is 15.4. The Morgan fingerprint density at radius 3 is 2.57 bits per heavy atom. The van der Waals surface area contributed by atoms with Gasteiger partial charge < -0.3 is 16.4 Å². The van der Waals surface area contributed by atoms with Gasteiger partial charge in [-0.3, -0.25) is 4.79 Å². The summed E-state index contributed by atoms with van der Waals surface area (Å²) < 4.78 is 4.03. The van der Waals surface area contributed by atoms with Crippen LogP contribution in [0.25, 0.3) is 0 Å². The molecule has 0 atom stereocenters. The van der Waals surface area contributed by atoms with E-state index in [4.69, 9.17) is 5.73 Å². The number of nitrogen functional groups attached to an aromatic ring is 1. The molecular formula is C15H20N4OS. The Balaban J connectivity index is 2.08. The zero-order valence-corrected chi connectivity index (χ0v) is 13.3. The molecule has 2 aromatic rings. The Labute approximate surface area is 128 Å². The predicted molar refractivity (Wildman–Crippen MR) is 87.8 cm³/mol. The number of nitrogens with two attached hydrogens (primary N) is 1. The highest BCUT2D eigenvalue weighted by Gasteiger charge is 2.17. The van der Waals surface area contributed by atoms with Gasteiger partial charge >= 0.3 is 0 Å². The number of hydrogen-bond donors (Lipinski definition) is 3. The van der Waals surface area contributed by atoms with E-state index < -0.39 is 0 Å². The lowest BCUT2D eigenvalue weighted by Gasteiger charge is -2.09. The molecule has 4 N–H and O–H groups in total. The molecule has 112 valence electrons. The Bertz CT molecular complexity index is 619. The molecule has 0 spiro atoms. The van der Waals surface area contributed by atoms with Crippen molar-refractivity contribution >= 4 is 28.3 Å². The number of nitrogens with one attached hydrogen (secondary N) is 2. The second kappa shape index (κ2) is 6.58. The van der Waals surface area contributed by atoms with Crippen molar-refractivity contribution in [2.45, 2.75) is 26.3 Å². The third-order valence-corrected chi connectivity index (χ3v) is 4.09. The highest BCUT2D eigenvalue weighted by molar-refractivity contribution is 7.11. The van der Waals surface area contributed by atoms with Crippen LogP contribution in [0.4, 0.5) is 10.8 Å². The summed E-state index contributed by atoms with van der Waals surface area (Å²) in [6.45, 7) is 4.97. The smallest absolute Gasteiger partial charge is 0.257 e. The Hall–Kier alpha value is -2.08. The lowest BCUT2D eigenvalue weighted by Crippen LogP contribution is -2.20. The number of nitrogens with zero attached hydrogens (tertiary/aromatic N) is 1. The molecule has 1 heterocycles. The number of amides is 1. The van der Waals surface area contributed by atoms with Gasteiger partial charge in [0.2, 0.25) is 0 Å². The molecule has 0 bridgehead atoms. The van der Waals surface area contributed by atoms with E-state index in [0.717, 1.165) is 5.56 Å². The van der Waals surface area contributed by atoms with Crippen LogP contribution < -0.4 is 16.4 Å². The van der Waals surface area contributed by atoms with Crippen molar-refractivity contribution in [3.63, 3.8) is 0 Å². The second-order valence-electron chi connectivity index (χ2n) is 5.10. The van der Waals surface area contributed by atoms with Crippen LogP contribution in [-0.4, -0.2) is 17.3 Å². The third-order valence-electron chi connectivity index (χ3n) is 3.27. The summed E-state index contributed by atoms with van der Waals surface area (Å²) in [5, 5.41) is 6.50. The molecule has 6 heteroatoms. The van der Waals surface area contributed by atoms with Gasteiger partial charge in [0.1, 0.15) is 10.6 Å². The maximum Gasteiger partial charge on any atom is 0.257 e. The summed E-state index contributed by atoms with van der Waals surface area (Å²) in [5.74, 6) is 0.559. The molecule has 0 unspecified atom stereocenters. The van der Waals surface area contributed by atoms with Crippen LogP contribution in [0.15, 0.2) is 24.3 Å². The standard InChI is InChI=1S/C15H20N4OS/c1-9(2)11-6-4-10(5-7-11)8-18-15-12(14(20)17-3)13(16)19-21-15/h4-7,9,18H,8H2,1-3H3,(H2,16,19)(H,17,20). The molecule has 0 radical (unpaired) electrons. The Morgan fingerprint density at radius 2 is 2.00 bits per heavy atom. The summed E-state index contributed by atoms with van der Waals surface area (Å²) in [5.41, 5.74) is 8.62. The average molecular weight is 304 g/mol. The van der Waals surface area contributed by atoms with E-state index in [0.29, 0.717) is 23.0 Å². The van der Waals surface area contributed by atoms with Crippen molar-refractivity contribution in [1.82, 2.24) is 9.69 Å². The fourth-order valence-electron chi connectivity index (χ4n) is 1.97. The molecule has 0 aliphatic carbocycles. The Kier molecular flexibility index (Phi) is 4.80. The van der Waals surface area contributed by atoms with E-state index in [2.05, 4.69) is 53.1 Å². The fourth-order valence-corrected chi connectivity index (χ4v) is 2.68. The largest absolute Gasteiger partial charge is 0.382 e. The van der Waals surface area contributed by atoms with Crippen molar-refractivity contribution in [3.05, 3.63) is 41.0 Å². The van der Waals surface area contributed by atoms with Crippen LogP contribution in [0.2, 0.25) is 0 Å². The van der Waals surface area contributed by atoms with Crippen LogP contribution in [0.1, 0.15) is 41.3 Å². The minimum atomic E-state index is -0.223. The van der Waals surface area contributed by atoms with Crippen molar-refractivity contribution in [3.8, 4) is 0 Å².